The van der Waals surface area contributed by atoms with Crippen molar-refractivity contribution in [2.75, 3.05) is 13.7 Å². The number of rotatable bonds is 6. The predicted molar refractivity (Wildman–Crippen MR) is 88.2 cm³/mol. The molecule has 0 N–H and O–H groups in total. The maximum atomic E-state index is 12.4. The van der Waals surface area contributed by atoms with Crippen LogP contribution in [-0.2, 0) is 14.9 Å². The van der Waals surface area contributed by atoms with Gasteiger partial charge in [0, 0.05) is 0 Å². The van der Waals surface area contributed by atoms with Crippen LogP contribution >= 0.6 is 11.6 Å². The highest BCUT2D eigenvalue weighted by Crippen LogP contribution is 2.27. The minimum Gasteiger partial charge on any atom is -0.494 e. The van der Waals surface area contributed by atoms with E-state index in [-0.39, 0.29) is 21.2 Å². The minimum absolute atomic E-state index is 0.0516. The Morgan fingerprint density at radius 1 is 1.08 bits per heavy atom. The third-order valence-electron chi connectivity index (χ3n) is 2.96. The molecule has 0 saturated heterocycles. The normalized spacial score (nSPS) is 11.0. The second-order valence-electron chi connectivity index (χ2n) is 4.58. The van der Waals surface area contributed by atoms with Gasteiger partial charge in [-0.05, 0) is 49.4 Å². The van der Waals surface area contributed by atoms with Crippen molar-refractivity contribution in [3.05, 3.63) is 53.1 Å². The van der Waals surface area contributed by atoms with Crippen LogP contribution in [0.5, 0.6) is 11.5 Å². The summed E-state index contributed by atoms with van der Waals surface area (Å²) in [6.45, 7) is 2.33. The molecule has 0 aromatic heterocycles. The number of carbonyl (C=O) groups excluding carboxylic acids is 1. The van der Waals surface area contributed by atoms with Crippen molar-refractivity contribution < 1.29 is 26.9 Å². The zero-order chi connectivity index (χ0) is 17.7. The molecular weight excluding hydrogens is 356 g/mol. The van der Waals surface area contributed by atoms with Crippen molar-refractivity contribution in [3.63, 3.8) is 0 Å². The molecule has 0 aliphatic rings. The molecule has 2 aromatic carbocycles. The highest BCUT2D eigenvalue weighted by molar-refractivity contribution is 7.87. The van der Waals surface area contributed by atoms with Gasteiger partial charge in [-0.1, -0.05) is 11.6 Å². The van der Waals surface area contributed by atoms with Crippen LogP contribution < -0.4 is 8.92 Å². The molecule has 0 radical (unpaired) electrons. The molecular formula is C16H15ClO6S. The van der Waals surface area contributed by atoms with Crippen LogP contribution in [0.15, 0.2) is 47.4 Å². The Balaban J connectivity index is 2.31. The molecule has 0 aliphatic carbocycles. The predicted octanol–water partition coefficient (Wildman–Crippen LogP) is 3.29. The second kappa shape index (κ2) is 7.55. The summed E-state index contributed by atoms with van der Waals surface area (Å²) in [5.41, 5.74) is 0.0516. The van der Waals surface area contributed by atoms with Gasteiger partial charge in [0.2, 0.25) is 0 Å². The van der Waals surface area contributed by atoms with Crippen LogP contribution in [0.2, 0.25) is 5.02 Å². The summed E-state index contributed by atoms with van der Waals surface area (Å²) in [4.78, 5) is 11.2. The van der Waals surface area contributed by atoms with Gasteiger partial charge in [-0.25, -0.2) is 4.79 Å². The summed E-state index contributed by atoms with van der Waals surface area (Å²) in [7, 11) is -3.02. The number of halogens is 1. The quantitative estimate of drug-likeness (QED) is 0.573. The van der Waals surface area contributed by atoms with E-state index in [9.17, 15) is 13.2 Å². The summed E-state index contributed by atoms with van der Waals surface area (Å²) in [5.74, 6) is 0.00939. The Morgan fingerprint density at radius 2 is 1.71 bits per heavy atom. The number of carbonyl (C=O) groups is 1. The minimum atomic E-state index is -4.21. The lowest BCUT2D eigenvalue weighted by Crippen LogP contribution is -2.12. The van der Waals surface area contributed by atoms with Gasteiger partial charge < -0.3 is 13.7 Å². The Morgan fingerprint density at radius 3 is 2.29 bits per heavy atom. The molecule has 0 amide bonds. The first kappa shape index (κ1) is 18.1. The van der Waals surface area contributed by atoms with Gasteiger partial charge in [-0.15, -0.1) is 0 Å². The van der Waals surface area contributed by atoms with E-state index in [0.717, 1.165) is 6.07 Å². The van der Waals surface area contributed by atoms with Gasteiger partial charge in [0.15, 0.2) is 0 Å². The van der Waals surface area contributed by atoms with Gasteiger partial charge in [0.25, 0.3) is 0 Å². The molecule has 0 aliphatic heterocycles. The molecule has 8 heteroatoms. The standard InChI is InChI=1S/C16H15ClO6S/c1-3-22-12-5-7-13(8-6-12)23-24(19,20)15-10-11(16(18)21-2)4-9-14(15)17/h4-10H,3H2,1-2H3. The van der Waals surface area contributed by atoms with Crippen LogP contribution in [0.1, 0.15) is 17.3 Å². The first-order valence-corrected chi connectivity index (χ1v) is 8.71. The number of hydrogen-bond acceptors (Lipinski definition) is 6. The van der Waals surface area contributed by atoms with Crippen molar-refractivity contribution in [2.45, 2.75) is 11.8 Å². The summed E-state index contributed by atoms with van der Waals surface area (Å²) < 4.78 is 39.7. The molecule has 0 spiro atoms. The number of esters is 1. The molecule has 6 nitrogen and oxygen atoms in total. The molecule has 0 unspecified atom stereocenters. The van der Waals surface area contributed by atoms with Crippen molar-refractivity contribution in [1.82, 2.24) is 0 Å². The van der Waals surface area contributed by atoms with Gasteiger partial charge in [-0.2, -0.15) is 8.42 Å². The van der Waals surface area contributed by atoms with E-state index in [2.05, 4.69) is 4.74 Å². The fourth-order valence-electron chi connectivity index (χ4n) is 1.87. The summed E-state index contributed by atoms with van der Waals surface area (Å²) in [6.07, 6.45) is 0. The first-order valence-electron chi connectivity index (χ1n) is 6.92. The Hall–Kier alpha value is -2.25. The van der Waals surface area contributed by atoms with E-state index in [0.29, 0.717) is 12.4 Å². The van der Waals surface area contributed by atoms with Gasteiger partial charge in [-0.3, -0.25) is 0 Å². The molecule has 0 atom stereocenters. The highest BCUT2D eigenvalue weighted by Gasteiger charge is 2.22. The number of ether oxygens (including phenoxy) is 2. The van der Waals surface area contributed by atoms with Crippen LogP contribution in [0.3, 0.4) is 0 Å². The zero-order valence-electron chi connectivity index (χ0n) is 13.0. The van der Waals surface area contributed by atoms with Gasteiger partial charge in [0.05, 0.1) is 24.3 Å². The fraction of sp³-hybridized carbons (Fsp3) is 0.188. The lowest BCUT2D eigenvalue weighted by Gasteiger charge is -2.10. The lowest BCUT2D eigenvalue weighted by atomic mass is 10.2. The summed E-state index contributed by atoms with van der Waals surface area (Å²) in [6, 6.07) is 9.85. The second-order valence-corrected chi connectivity index (χ2v) is 6.50. The number of methoxy groups -OCH3 is 1. The van der Waals surface area contributed by atoms with E-state index in [1.165, 1.54) is 31.4 Å². The van der Waals surface area contributed by atoms with Crippen LogP contribution in [0.25, 0.3) is 0 Å². The molecule has 2 rings (SSSR count). The third kappa shape index (κ3) is 4.18. The first-order chi connectivity index (χ1) is 11.4. The smallest absolute Gasteiger partial charge is 0.340 e. The van der Waals surface area contributed by atoms with E-state index >= 15 is 0 Å². The Bertz CT molecular complexity index is 830. The van der Waals surface area contributed by atoms with Crippen molar-refractivity contribution in [2.24, 2.45) is 0 Å². The van der Waals surface area contributed by atoms with E-state index in [1.807, 2.05) is 6.92 Å². The molecule has 0 saturated carbocycles. The third-order valence-corrected chi connectivity index (χ3v) is 4.69. The van der Waals surface area contributed by atoms with E-state index in [4.69, 9.17) is 20.5 Å². The topological polar surface area (TPSA) is 78.9 Å². The molecule has 0 bridgehead atoms. The van der Waals surface area contributed by atoms with Gasteiger partial charge >= 0.3 is 16.1 Å². The molecule has 128 valence electrons. The maximum Gasteiger partial charge on any atom is 0.340 e. The van der Waals surface area contributed by atoms with Crippen molar-refractivity contribution in [3.8, 4) is 11.5 Å². The molecule has 0 heterocycles. The Labute approximate surface area is 145 Å². The fourth-order valence-corrected chi connectivity index (χ4v) is 3.30. The average molecular weight is 371 g/mol. The highest BCUT2D eigenvalue weighted by atomic mass is 35.5. The Kier molecular flexibility index (Phi) is 5.69. The zero-order valence-corrected chi connectivity index (χ0v) is 14.6. The summed E-state index contributed by atoms with van der Waals surface area (Å²) >= 11 is 5.93. The van der Waals surface area contributed by atoms with E-state index < -0.39 is 16.1 Å². The lowest BCUT2D eigenvalue weighted by molar-refractivity contribution is 0.0600. The number of benzene rings is 2. The van der Waals surface area contributed by atoms with Crippen LogP contribution in [0.4, 0.5) is 0 Å². The average Bonchev–Trinajstić information content (AvgIpc) is 2.56. The maximum absolute atomic E-state index is 12.4. The monoisotopic (exact) mass is 370 g/mol. The molecule has 0 fully saturated rings. The summed E-state index contributed by atoms with van der Waals surface area (Å²) in [5, 5.41) is -0.0615. The van der Waals surface area contributed by atoms with Crippen molar-refractivity contribution in [1.29, 1.82) is 0 Å². The number of hydrogen-bond donors (Lipinski definition) is 0. The van der Waals surface area contributed by atoms with Crippen LogP contribution in [0, 0.1) is 0 Å². The van der Waals surface area contributed by atoms with E-state index in [1.54, 1.807) is 12.1 Å². The van der Waals surface area contributed by atoms with Crippen molar-refractivity contribution >= 4 is 27.7 Å². The SMILES string of the molecule is CCOc1ccc(OS(=O)(=O)c2cc(C(=O)OC)ccc2Cl)cc1. The van der Waals surface area contributed by atoms with Crippen LogP contribution in [-0.4, -0.2) is 28.1 Å². The molecule has 24 heavy (non-hydrogen) atoms. The van der Waals surface area contributed by atoms with Gasteiger partial charge in [0.1, 0.15) is 16.4 Å². The largest absolute Gasteiger partial charge is 0.494 e. The molecule has 2 aromatic rings.